The first-order valence-electron chi connectivity index (χ1n) is 11.6. The van der Waals surface area contributed by atoms with Crippen LogP contribution in [0.3, 0.4) is 0 Å². The molecule has 2 bridgehead atoms. The summed E-state index contributed by atoms with van der Waals surface area (Å²) in [6.07, 6.45) is -0.721. The van der Waals surface area contributed by atoms with Crippen LogP contribution in [0.15, 0.2) is 11.6 Å². The Balaban J connectivity index is 1.61. The fraction of sp³-hybridized carbons (Fsp3) is 0.792. The highest BCUT2D eigenvalue weighted by molar-refractivity contribution is 5.83. The quantitative estimate of drug-likeness (QED) is 0.287. The minimum atomic E-state index is -1.15. The van der Waals surface area contributed by atoms with Crippen LogP contribution in [0, 0.1) is 28.6 Å². The zero-order valence-electron chi connectivity index (χ0n) is 19.8. The third kappa shape index (κ3) is 2.91. The number of ether oxygens (including phenoxy) is 5. The van der Waals surface area contributed by atoms with Crippen LogP contribution in [0.25, 0.3) is 0 Å². The monoisotopic (exact) mass is 464 g/mol. The number of carbonyl (C=O) groups excluding carboxylic acids is 3. The summed E-state index contributed by atoms with van der Waals surface area (Å²) in [5, 5.41) is 11.9. The summed E-state index contributed by atoms with van der Waals surface area (Å²) in [7, 11) is 0. The van der Waals surface area contributed by atoms with E-state index in [0.29, 0.717) is 12.0 Å². The van der Waals surface area contributed by atoms with Crippen molar-refractivity contribution < 1.29 is 43.2 Å². The van der Waals surface area contributed by atoms with Crippen LogP contribution in [-0.2, 0) is 38.1 Å². The second-order valence-electron chi connectivity index (χ2n) is 10.9. The molecule has 2 unspecified atom stereocenters. The molecule has 4 fully saturated rings. The summed E-state index contributed by atoms with van der Waals surface area (Å²) in [6, 6.07) is 0. The molecule has 10 atom stereocenters. The molecule has 9 heteroatoms. The van der Waals surface area contributed by atoms with E-state index in [-0.39, 0.29) is 23.9 Å². The fourth-order valence-corrected chi connectivity index (χ4v) is 7.39. The number of rotatable bonds is 4. The van der Waals surface area contributed by atoms with Crippen molar-refractivity contribution in [1.29, 1.82) is 0 Å². The van der Waals surface area contributed by atoms with Gasteiger partial charge in [-0.3, -0.25) is 14.3 Å². The average molecular weight is 465 g/mol. The van der Waals surface area contributed by atoms with Gasteiger partial charge in [0.25, 0.3) is 0 Å². The summed E-state index contributed by atoms with van der Waals surface area (Å²) in [5.41, 5.74) is -1.62. The zero-order valence-corrected chi connectivity index (χ0v) is 19.8. The topological polar surface area (TPSA) is 121 Å². The molecule has 33 heavy (non-hydrogen) atoms. The van der Waals surface area contributed by atoms with Gasteiger partial charge in [0.15, 0.2) is 5.60 Å². The predicted octanol–water partition coefficient (Wildman–Crippen LogP) is 1.85. The van der Waals surface area contributed by atoms with Gasteiger partial charge in [0.2, 0.25) is 12.6 Å². The number of esters is 3. The number of hydrogen-bond donors (Lipinski definition) is 1. The van der Waals surface area contributed by atoms with E-state index in [1.54, 1.807) is 19.9 Å². The maximum absolute atomic E-state index is 12.9. The van der Waals surface area contributed by atoms with Gasteiger partial charge >= 0.3 is 17.9 Å². The lowest BCUT2D eigenvalue weighted by Crippen LogP contribution is -2.59. The van der Waals surface area contributed by atoms with Crippen molar-refractivity contribution in [2.24, 2.45) is 28.6 Å². The summed E-state index contributed by atoms with van der Waals surface area (Å²) < 4.78 is 28.4. The van der Waals surface area contributed by atoms with Gasteiger partial charge < -0.3 is 24.1 Å². The molecular formula is C24H32O9. The molecule has 1 spiro atoms. The number of hydrogen-bond acceptors (Lipinski definition) is 9. The normalized spacial score (nSPS) is 48.4. The summed E-state index contributed by atoms with van der Waals surface area (Å²) in [5.74, 6) is -2.25. The van der Waals surface area contributed by atoms with Gasteiger partial charge in [0.1, 0.15) is 6.10 Å². The molecule has 2 saturated heterocycles. The molecule has 2 heterocycles. The van der Waals surface area contributed by atoms with Gasteiger partial charge in [0.05, 0.1) is 12.2 Å². The van der Waals surface area contributed by atoms with E-state index in [0.717, 1.165) is 6.42 Å². The molecule has 0 amide bonds. The summed E-state index contributed by atoms with van der Waals surface area (Å²) in [6.45, 7) is 10.2. The van der Waals surface area contributed by atoms with Gasteiger partial charge in [-0.1, -0.05) is 13.8 Å². The third-order valence-electron chi connectivity index (χ3n) is 8.92. The third-order valence-corrected chi connectivity index (χ3v) is 8.92. The molecule has 5 aliphatic rings. The Labute approximate surface area is 192 Å². The molecule has 2 aliphatic heterocycles. The second kappa shape index (κ2) is 7.02. The van der Waals surface area contributed by atoms with E-state index in [1.807, 2.05) is 0 Å². The Hall–Kier alpha value is -1.97. The standard InChI is InChI=1S/C24H32O9/c1-10-23(6,33-10)21(28)31-15-9-14-20(30-12(3)26)32-19(29-11(2)25)13-7-8-16-22(4,5)17(15)18(27)24(13,14)16/h9-10,13,15-20,27H,7-8H2,1-6H3/t10?,13-,15+,16-,17+,18+,19-,20-,23?,24+/m1/s1. The van der Waals surface area contributed by atoms with Gasteiger partial charge in [-0.15, -0.1) is 0 Å². The lowest BCUT2D eigenvalue weighted by Gasteiger charge is -2.52. The van der Waals surface area contributed by atoms with Crippen LogP contribution >= 0.6 is 0 Å². The Morgan fingerprint density at radius 1 is 1.06 bits per heavy atom. The molecule has 5 rings (SSSR count). The van der Waals surface area contributed by atoms with E-state index < -0.39 is 59.1 Å². The highest BCUT2D eigenvalue weighted by Gasteiger charge is 2.77. The molecule has 3 aliphatic carbocycles. The Morgan fingerprint density at radius 2 is 1.70 bits per heavy atom. The largest absolute Gasteiger partial charge is 0.455 e. The maximum atomic E-state index is 12.9. The van der Waals surface area contributed by atoms with Crippen molar-refractivity contribution in [3.8, 4) is 0 Å². The van der Waals surface area contributed by atoms with Crippen molar-refractivity contribution in [2.75, 3.05) is 0 Å². The van der Waals surface area contributed by atoms with Crippen molar-refractivity contribution in [2.45, 2.75) is 90.9 Å². The molecule has 0 aromatic rings. The smallest absolute Gasteiger partial charge is 0.341 e. The number of aliphatic hydroxyl groups excluding tert-OH is 1. The molecule has 2 saturated carbocycles. The van der Waals surface area contributed by atoms with Crippen molar-refractivity contribution >= 4 is 17.9 Å². The van der Waals surface area contributed by atoms with E-state index in [4.69, 9.17) is 23.7 Å². The summed E-state index contributed by atoms with van der Waals surface area (Å²) >= 11 is 0. The number of epoxide rings is 1. The van der Waals surface area contributed by atoms with Crippen LogP contribution in [0.2, 0.25) is 0 Å². The SMILES string of the molecule is CC(=O)O[C@@H]1O[C@@H](OC(C)=O)[C@H]2CC[C@@H]3C(C)(C)[C@H]4[C@@H](OC(=O)C5(C)OC5C)C=C1[C@@]23[C@H]4O. The van der Waals surface area contributed by atoms with Crippen LogP contribution in [0.1, 0.15) is 54.4 Å². The Bertz CT molecular complexity index is 940. The van der Waals surface area contributed by atoms with E-state index in [1.165, 1.54) is 13.8 Å². The Morgan fingerprint density at radius 3 is 2.27 bits per heavy atom. The van der Waals surface area contributed by atoms with Gasteiger partial charge in [-0.05, 0) is 44.1 Å². The van der Waals surface area contributed by atoms with Crippen molar-refractivity contribution in [1.82, 2.24) is 0 Å². The Kier molecular flexibility index (Phi) is 4.85. The first-order valence-corrected chi connectivity index (χ1v) is 11.6. The lowest BCUT2D eigenvalue weighted by atomic mass is 9.61. The molecular weight excluding hydrogens is 432 g/mol. The number of aliphatic hydroxyl groups is 1. The average Bonchev–Trinajstić information content (AvgIpc) is 3.09. The molecule has 0 aromatic carbocycles. The minimum absolute atomic E-state index is 0.00310. The van der Waals surface area contributed by atoms with Crippen LogP contribution in [-0.4, -0.2) is 59.5 Å². The highest BCUT2D eigenvalue weighted by Crippen LogP contribution is 2.74. The summed E-state index contributed by atoms with van der Waals surface area (Å²) in [4.78, 5) is 36.7. The van der Waals surface area contributed by atoms with Crippen molar-refractivity contribution in [3.05, 3.63) is 11.6 Å². The molecule has 0 aromatic heterocycles. The fourth-order valence-electron chi connectivity index (χ4n) is 7.39. The van der Waals surface area contributed by atoms with Gasteiger partial charge in [-0.25, -0.2) is 4.79 Å². The number of fused-ring (bicyclic) bond motifs is 1. The van der Waals surface area contributed by atoms with Gasteiger partial charge in [0, 0.05) is 36.7 Å². The first-order chi connectivity index (χ1) is 15.3. The highest BCUT2D eigenvalue weighted by atomic mass is 16.8. The maximum Gasteiger partial charge on any atom is 0.341 e. The minimum Gasteiger partial charge on any atom is -0.455 e. The zero-order chi connectivity index (χ0) is 24.1. The number of carbonyl (C=O) groups is 3. The van der Waals surface area contributed by atoms with Crippen LogP contribution in [0.4, 0.5) is 0 Å². The second-order valence-corrected chi connectivity index (χ2v) is 10.9. The molecule has 0 radical (unpaired) electrons. The molecule has 1 N–H and O–H groups in total. The van der Waals surface area contributed by atoms with E-state index in [2.05, 4.69) is 13.8 Å². The molecule has 9 nitrogen and oxygen atoms in total. The van der Waals surface area contributed by atoms with Crippen LogP contribution < -0.4 is 0 Å². The van der Waals surface area contributed by atoms with E-state index in [9.17, 15) is 19.5 Å². The molecule has 182 valence electrons. The van der Waals surface area contributed by atoms with Crippen molar-refractivity contribution in [3.63, 3.8) is 0 Å². The van der Waals surface area contributed by atoms with Gasteiger partial charge in [-0.2, -0.15) is 0 Å². The lowest BCUT2D eigenvalue weighted by molar-refractivity contribution is -0.282. The predicted molar refractivity (Wildman–Crippen MR) is 111 cm³/mol. The first kappa shape index (κ1) is 22.8. The van der Waals surface area contributed by atoms with E-state index >= 15 is 0 Å². The van der Waals surface area contributed by atoms with Crippen LogP contribution in [0.5, 0.6) is 0 Å².